The molecule has 2 aromatic carbocycles. The SMILES string of the molecule is C=CCOc1ccccc1NC(=O)c1ccc(OCC)cc1. The standard InChI is InChI=1S/C18H19NO3/c1-3-13-22-17-8-6-5-7-16(17)19-18(20)14-9-11-15(12-10-14)21-4-2/h3,5-12H,1,4,13H2,2H3,(H,19,20). The van der Waals surface area contributed by atoms with Crippen molar-refractivity contribution in [2.45, 2.75) is 6.92 Å². The van der Waals surface area contributed by atoms with Crippen molar-refractivity contribution < 1.29 is 14.3 Å². The number of hydrogen-bond acceptors (Lipinski definition) is 3. The summed E-state index contributed by atoms with van der Waals surface area (Å²) >= 11 is 0. The summed E-state index contributed by atoms with van der Waals surface area (Å²) in [5.74, 6) is 1.16. The fourth-order valence-corrected chi connectivity index (χ4v) is 1.91. The third-order valence-corrected chi connectivity index (χ3v) is 2.92. The smallest absolute Gasteiger partial charge is 0.255 e. The largest absolute Gasteiger partial charge is 0.494 e. The second-order valence-electron chi connectivity index (χ2n) is 4.51. The predicted octanol–water partition coefficient (Wildman–Crippen LogP) is 3.90. The average Bonchev–Trinajstić information content (AvgIpc) is 2.55. The minimum atomic E-state index is -0.197. The van der Waals surface area contributed by atoms with Gasteiger partial charge >= 0.3 is 0 Å². The number of amides is 1. The lowest BCUT2D eigenvalue weighted by atomic mass is 10.2. The molecular weight excluding hydrogens is 278 g/mol. The van der Waals surface area contributed by atoms with E-state index >= 15 is 0 Å². The Balaban J connectivity index is 2.09. The third kappa shape index (κ3) is 4.12. The molecule has 0 bridgehead atoms. The van der Waals surface area contributed by atoms with E-state index in [0.29, 0.717) is 30.2 Å². The van der Waals surface area contributed by atoms with Crippen molar-refractivity contribution in [3.8, 4) is 11.5 Å². The highest BCUT2D eigenvalue weighted by molar-refractivity contribution is 6.05. The van der Waals surface area contributed by atoms with E-state index in [1.807, 2.05) is 19.1 Å². The topological polar surface area (TPSA) is 47.6 Å². The molecule has 0 fully saturated rings. The maximum Gasteiger partial charge on any atom is 0.255 e. The van der Waals surface area contributed by atoms with Crippen molar-refractivity contribution in [1.29, 1.82) is 0 Å². The molecule has 0 aromatic heterocycles. The van der Waals surface area contributed by atoms with E-state index in [0.717, 1.165) is 5.75 Å². The predicted molar refractivity (Wildman–Crippen MR) is 87.7 cm³/mol. The van der Waals surface area contributed by atoms with Crippen LogP contribution in [-0.4, -0.2) is 19.1 Å². The molecule has 114 valence electrons. The van der Waals surface area contributed by atoms with Crippen LogP contribution in [0.4, 0.5) is 5.69 Å². The molecule has 0 radical (unpaired) electrons. The Morgan fingerprint density at radius 2 is 1.86 bits per heavy atom. The number of carbonyl (C=O) groups is 1. The first kappa shape index (κ1) is 15.6. The van der Waals surface area contributed by atoms with Crippen LogP contribution < -0.4 is 14.8 Å². The molecule has 0 saturated carbocycles. The number of rotatable bonds is 7. The van der Waals surface area contributed by atoms with Gasteiger partial charge in [-0.2, -0.15) is 0 Å². The highest BCUT2D eigenvalue weighted by Gasteiger charge is 2.09. The minimum absolute atomic E-state index is 0.197. The van der Waals surface area contributed by atoms with E-state index in [1.54, 1.807) is 42.5 Å². The summed E-state index contributed by atoms with van der Waals surface area (Å²) in [6.45, 7) is 6.51. The maximum atomic E-state index is 12.3. The minimum Gasteiger partial charge on any atom is -0.494 e. The fourth-order valence-electron chi connectivity index (χ4n) is 1.91. The quantitative estimate of drug-likeness (QED) is 0.788. The lowest BCUT2D eigenvalue weighted by molar-refractivity contribution is 0.102. The first-order chi connectivity index (χ1) is 10.7. The van der Waals surface area contributed by atoms with E-state index < -0.39 is 0 Å². The summed E-state index contributed by atoms with van der Waals surface area (Å²) in [6, 6.07) is 14.3. The number of hydrogen-bond donors (Lipinski definition) is 1. The van der Waals surface area contributed by atoms with E-state index in [4.69, 9.17) is 9.47 Å². The molecule has 4 heteroatoms. The van der Waals surface area contributed by atoms with E-state index in [1.165, 1.54) is 0 Å². The van der Waals surface area contributed by atoms with Gasteiger partial charge in [0.15, 0.2) is 0 Å². The number of nitrogens with one attached hydrogen (secondary N) is 1. The number of benzene rings is 2. The van der Waals surface area contributed by atoms with Crippen LogP contribution in [0.15, 0.2) is 61.2 Å². The number of anilines is 1. The van der Waals surface area contributed by atoms with Gasteiger partial charge in [0.2, 0.25) is 0 Å². The lowest BCUT2D eigenvalue weighted by Crippen LogP contribution is -2.13. The maximum absolute atomic E-state index is 12.3. The molecular formula is C18H19NO3. The molecule has 1 amide bonds. The summed E-state index contributed by atoms with van der Waals surface area (Å²) in [7, 11) is 0. The molecule has 4 nitrogen and oxygen atoms in total. The summed E-state index contributed by atoms with van der Waals surface area (Å²) in [5.41, 5.74) is 1.19. The summed E-state index contributed by atoms with van der Waals surface area (Å²) < 4.78 is 10.9. The van der Waals surface area contributed by atoms with Gasteiger partial charge in [0.05, 0.1) is 12.3 Å². The van der Waals surface area contributed by atoms with Crippen molar-refractivity contribution in [2.75, 3.05) is 18.5 Å². The molecule has 0 aliphatic heterocycles. The van der Waals surface area contributed by atoms with Crippen LogP contribution >= 0.6 is 0 Å². The molecule has 0 saturated heterocycles. The first-order valence-corrected chi connectivity index (χ1v) is 7.11. The second kappa shape index (κ2) is 7.88. The molecule has 22 heavy (non-hydrogen) atoms. The van der Waals surface area contributed by atoms with Crippen LogP contribution in [0.3, 0.4) is 0 Å². The van der Waals surface area contributed by atoms with Gasteiger partial charge in [-0.05, 0) is 43.3 Å². The zero-order chi connectivity index (χ0) is 15.8. The van der Waals surface area contributed by atoms with E-state index in [-0.39, 0.29) is 5.91 Å². The van der Waals surface area contributed by atoms with Gasteiger partial charge in [0.1, 0.15) is 18.1 Å². The highest BCUT2D eigenvalue weighted by atomic mass is 16.5. The Labute approximate surface area is 130 Å². The summed E-state index contributed by atoms with van der Waals surface area (Å²) in [6.07, 6.45) is 1.66. The van der Waals surface area contributed by atoms with Crippen molar-refractivity contribution in [2.24, 2.45) is 0 Å². The Morgan fingerprint density at radius 3 is 2.55 bits per heavy atom. The Morgan fingerprint density at radius 1 is 1.14 bits per heavy atom. The molecule has 0 aliphatic carbocycles. The van der Waals surface area contributed by atoms with E-state index in [2.05, 4.69) is 11.9 Å². The zero-order valence-electron chi connectivity index (χ0n) is 12.5. The van der Waals surface area contributed by atoms with Gasteiger partial charge < -0.3 is 14.8 Å². The second-order valence-corrected chi connectivity index (χ2v) is 4.51. The normalized spacial score (nSPS) is 9.86. The van der Waals surface area contributed by atoms with Gasteiger partial charge in [0, 0.05) is 5.56 Å². The van der Waals surface area contributed by atoms with Crippen molar-refractivity contribution in [1.82, 2.24) is 0 Å². The molecule has 1 N–H and O–H groups in total. The number of para-hydroxylation sites is 2. The molecule has 0 unspecified atom stereocenters. The molecule has 2 rings (SSSR count). The summed E-state index contributed by atoms with van der Waals surface area (Å²) in [5, 5.41) is 2.85. The van der Waals surface area contributed by atoms with Gasteiger partial charge in [0.25, 0.3) is 5.91 Å². The van der Waals surface area contributed by atoms with Crippen LogP contribution in [0.5, 0.6) is 11.5 Å². The molecule has 0 spiro atoms. The fraction of sp³-hybridized carbons (Fsp3) is 0.167. The number of ether oxygens (including phenoxy) is 2. The Kier molecular flexibility index (Phi) is 5.60. The van der Waals surface area contributed by atoms with Crippen LogP contribution in [-0.2, 0) is 0 Å². The third-order valence-electron chi connectivity index (χ3n) is 2.92. The van der Waals surface area contributed by atoms with Crippen LogP contribution in [0.2, 0.25) is 0 Å². The van der Waals surface area contributed by atoms with Crippen LogP contribution in [0.1, 0.15) is 17.3 Å². The Bertz CT molecular complexity index is 635. The molecule has 0 aliphatic rings. The molecule has 2 aromatic rings. The first-order valence-electron chi connectivity index (χ1n) is 7.11. The summed E-state index contributed by atoms with van der Waals surface area (Å²) in [4.78, 5) is 12.3. The monoisotopic (exact) mass is 297 g/mol. The van der Waals surface area contributed by atoms with Gasteiger partial charge in [-0.1, -0.05) is 24.8 Å². The van der Waals surface area contributed by atoms with Gasteiger partial charge in [-0.15, -0.1) is 0 Å². The van der Waals surface area contributed by atoms with Crippen molar-refractivity contribution >= 4 is 11.6 Å². The highest BCUT2D eigenvalue weighted by Crippen LogP contribution is 2.24. The van der Waals surface area contributed by atoms with E-state index in [9.17, 15) is 4.79 Å². The molecule has 0 heterocycles. The average molecular weight is 297 g/mol. The van der Waals surface area contributed by atoms with Gasteiger partial charge in [-0.25, -0.2) is 0 Å². The van der Waals surface area contributed by atoms with Gasteiger partial charge in [-0.3, -0.25) is 4.79 Å². The zero-order valence-corrected chi connectivity index (χ0v) is 12.5. The lowest BCUT2D eigenvalue weighted by Gasteiger charge is -2.11. The number of carbonyl (C=O) groups excluding carboxylic acids is 1. The molecule has 0 atom stereocenters. The van der Waals surface area contributed by atoms with Crippen LogP contribution in [0.25, 0.3) is 0 Å². The van der Waals surface area contributed by atoms with Crippen LogP contribution in [0, 0.1) is 0 Å². The Hall–Kier alpha value is -2.75. The van der Waals surface area contributed by atoms with Crippen molar-refractivity contribution in [3.63, 3.8) is 0 Å². The van der Waals surface area contributed by atoms with Crippen molar-refractivity contribution in [3.05, 3.63) is 66.7 Å².